The quantitative estimate of drug-likeness (QED) is 0.285. The zero-order valence-corrected chi connectivity index (χ0v) is 22.2. The number of hydrogen-bond donors (Lipinski definition) is 1. The van der Waals surface area contributed by atoms with Gasteiger partial charge in [0.2, 0.25) is 5.91 Å². The molecule has 2 aliphatic rings. The van der Waals surface area contributed by atoms with Crippen molar-refractivity contribution in [2.75, 3.05) is 11.9 Å². The molecule has 4 aromatic rings. The van der Waals surface area contributed by atoms with Gasteiger partial charge in [-0.1, -0.05) is 42.1 Å². The molecule has 0 spiro atoms. The van der Waals surface area contributed by atoms with Crippen LogP contribution < -0.4 is 5.32 Å². The van der Waals surface area contributed by atoms with Crippen LogP contribution in [0.3, 0.4) is 0 Å². The lowest BCUT2D eigenvalue weighted by Gasteiger charge is -2.19. The number of aromatic nitrogens is 3. The topological polar surface area (TPSA) is 103 Å². The smallest absolute Gasteiger partial charge is 0.237 e. The zero-order chi connectivity index (χ0) is 26.2. The van der Waals surface area contributed by atoms with E-state index in [1.807, 2.05) is 22.1 Å². The molecule has 192 valence electrons. The van der Waals surface area contributed by atoms with Gasteiger partial charge in [-0.25, -0.2) is 0 Å². The average Bonchev–Trinajstić information content (AvgIpc) is 3.71. The van der Waals surface area contributed by atoms with Crippen molar-refractivity contribution in [1.82, 2.24) is 14.8 Å². The van der Waals surface area contributed by atoms with Gasteiger partial charge in [0.1, 0.15) is 0 Å². The van der Waals surface area contributed by atoms with E-state index in [4.69, 9.17) is 4.74 Å². The average molecular weight is 545 g/mol. The molecule has 2 atom stereocenters. The van der Waals surface area contributed by atoms with E-state index in [1.165, 1.54) is 11.8 Å². The molecule has 1 saturated heterocycles. The summed E-state index contributed by atoms with van der Waals surface area (Å²) in [5, 5.41) is 13.9. The number of carbonyl (C=O) groups is 3. The summed E-state index contributed by atoms with van der Waals surface area (Å²) in [4.78, 5) is 40.1. The first-order valence-corrected chi connectivity index (χ1v) is 14.1. The molecule has 8 nitrogen and oxygen atoms in total. The van der Waals surface area contributed by atoms with Gasteiger partial charge in [-0.2, -0.15) is 0 Å². The summed E-state index contributed by atoms with van der Waals surface area (Å²) in [6.07, 6.45) is 2.10. The minimum atomic E-state index is -0.493. The van der Waals surface area contributed by atoms with E-state index in [2.05, 4.69) is 15.5 Å². The molecule has 0 unspecified atom stereocenters. The number of rotatable bonds is 7. The monoisotopic (exact) mass is 544 g/mol. The van der Waals surface area contributed by atoms with Gasteiger partial charge >= 0.3 is 0 Å². The van der Waals surface area contributed by atoms with Gasteiger partial charge in [0.15, 0.2) is 22.5 Å². The second-order valence-electron chi connectivity index (χ2n) is 9.24. The fourth-order valence-corrected chi connectivity index (χ4v) is 6.33. The molecule has 1 fully saturated rings. The van der Waals surface area contributed by atoms with Gasteiger partial charge < -0.3 is 10.1 Å². The number of thioether (sulfide) groups is 1. The third-order valence-electron chi connectivity index (χ3n) is 6.71. The van der Waals surface area contributed by atoms with E-state index in [1.54, 1.807) is 60.7 Å². The molecule has 6 rings (SSSR count). The van der Waals surface area contributed by atoms with Crippen LogP contribution in [0.15, 0.2) is 65.1 Å². The molecule has 1 aliphatic heterocycles. The molecule has 2 aromatic carbocycles. The van der Waals surface area contributed by atoms with Crippen LogP contribution in [0.5, 0.6) is 0 Å². The van der Waals surface area contributed by atoms with Crippen molar-refractivity contribution in [3.8, 4) is 10.7 Å². The zero-order valence-electron chi connectivity index (χ0n) is 20.5. The lowest BCUT2D eigenvalue weighted by molar-refractivity contribution is -0.115. The van der Waals surface area contributed by atoms with E-state index in [9.17, 15) is 14.4 Å². The number of amides is 1. The fourth-order valence-electron chi connectivity index (χ4n) is 4.75. The van der Waals surface area contributed by atoms with Crippen LogP contribution in [0, 0.1) is 0 Å². The van der Waals surface area contributed by atoms with Crippen molar-refractivity contribution in [1.29, 1.82) is 0 Å². The third kappa shape index (κ3) is 4.59. The summed E-state index contributed by atoms with van der Waals surface area (Å²) in [6.45, 7) is 3.18. The first-order valence-electron chi connectivity index (χ1n) is 12.4. The molecule has 10 heteroatoms. The Balaban J connectivity index is 1.20. The number of anilines is 1. The maximum absolute atomic E-state index is 13.2. The summed E-state index contributed by atoms with van der Waals surface area (Å²) >= 11 is 2.92. The second-order valence-corrected chi connectivity index (χ2v) is 11.5. The summed E-state index contributed by atoms with van der Waals surface area (Å²) in [6, 6.07) is 15.6. The van der Waals surface area contributed by atoms with Gasteiger partial charge in [-0.05, 0) is 49.4 Å². The molecule has 38 heavy (non-hydrogen) atoms. The van der Waals surface area contributed by atoms with Crippen LogP contribution in [-0.4, -0.2) is 50.2 Å². The second kappa shape index (κ2) is 10.3. The lowest BCUT2D eigenvalue weighted by Crippen LogP contribution is -2.25. The predicted octanol–water partition coefficient (Wildman–Crippen LogP) is 5.08. The summed E-state index contributed by atoms with van der Waals surface area (Å²) in [7, 11) is 0. The van der Waals surface area contributed by atoms with Crippen LogP contribution in [0.25, 0.3) is 10.7 Å². The molecule has 0 saturated carbocycles. The van der Waals surface area contributed by atoms with Gasteiger partial charge in [0, 0.05) is 34.5 Å². The predicted molar refractivity (Wildman–Crippen MR) is 146 cm³/mol. The maximum atomic E-state index is 13.2. The van der Waals surface area contributed by atoms with Crippen LogP contribution in [-0.2, 0) is 16.1 Å². The van der Waals surface area contributed by atoms with Crippen molar-refractivity contribution in [3.63, 3.8) is 0 Å². The molecule has 0 radical (unpaired) electrons. The lowest BCUT2D eigenvalue weighted by atomic mass is 9.84. The number of nitrogens with one attached hydrogen (secondary N) is 1. The van der Waals surface area contributed by atoms with Crippen LogP contribution in [0.2, 0.25) is 0 Å². The van der Waals surface area contributed by atoms with Crippen LogP contribution in [0.1, 0.15) is 51.6 Å². The van der Waals surface area contributed by atoms with Gasteiger partial charge in [-0.3, -0.25) is 19.0 Å². The number of fused-ring (bicyclic) bond motifs is 2. The molecule has 2 aromatic heterocycles. The Morgan fingerprint density at radius 3 is 2.55 bits per heavy atom. The Hall–Kier alpha value is -3.60. The molecule has 1 aliphatic carbocycles. The maximum Gasteiger partial charge on any atom is 0.237 e. The molecule has 1 amide bonds. The molecule has 3 heterocycles. The van der Waals surface area contributed by atoms with Crippen LogP contribution in [0.4, 0.5) is 5.69 Å². The van der Waals surface area contributed by atoms with Crippen molar-refractivity contribution in [3.05, 3.63) is 82.2 Å². The van der Waals surface area contributed by atoms with E-state index >= 15 is 0 Å². The van der Waals surface area contributed by atoms with E-state index in [0.717, 1.165) is 30.2 Å². The highest BCUT2D eigenvalue weighted by Gasteiger charge is 2.30. The number of thiophene rings is 1. The normalized spacial score (nSPS) is 17.2. The summed E-state index contributed by atoms with van der Waals surface area (Å²) in [5.41, 5.74) is 1.88. The molecule has 0 bridgehead atoms. The molecule has 1 N–H and O–H groups in total. The first kappa shape index (κ1) is 24.7. The van der Waals surface area contributed by atoms with Crippen molar-refractivity contribution < 1.29 is 19.1 Å². The Morgan fingerprint density at radius 2 is 1.84 bits per heavy atom. The number of hydrogen-bond acceptors (Lipinski definition) is 8. The minimum absolute atomic E-state index is 0.0917. The molecular formula is C28H24N4O4S2. The number of ether oxygens (including phenoxy) is 1. The summed E-state index contributed by atoms with van der Waals surface area (Å²) in [5.74, 6) is 0.110. The van der Waals surface area contributed by atoms with E-state index < -0.39 is 5.25 Å². The van der Waals surface area contributed by atoms with E-state index in [-0.39, 0.29) is 23.6 Å². The highest BCUT2D eigenvalue weighted by atomic mass is 32.2. The van der Waals surface area contributed by atoms with E-state index in [0.29, 0.717) is 39.6 Å². The number of nitrogens with zero attached hydrogens (tertiary/aromatic N) is 3. The molecular weight excluding hydrogens is 520 g/mol. The SMILES string of the molecule is C[C@@H](Sc1nnc(-c2cccs2)n1C[C@@H]1CCCO1)C(=O)Nc1ccc2c(c1)C(=O)c1ccccc1C2=O. The highest BCUT2D eigenvalue weighted by molar-refractivity contribution is 8.00. The minimum Gasteiger partial charge on any atom is -0.376 e. The largest absolute Gasteiger partial charge is 0.376 e. The Labute approximate surface area is 227 Å². The number of carbonyl (C=O) groups excluding carboxylic acids is 3. The Morgan fingerprint density at radius 1 is 1.08 bits per heavy atom. The van der Waals surface area contributed by atoms with Crippen molar-refractivity contribution in [2.45, 2.75) is 42.8 Å². The van der Waals surface area contributed by atoms with Crippen molar-refractivity contribution in [2.24, 2.45) is 0 Å². The van der Waals surface area contributed by atoms with Gasteiger partial charge in [0.25, 0.3) is 0 Å². The number of benzene rings is 2. The first-order chi connectivity index (χ1) is 18.5. The Kier molecular flexibility index (Phi) is 6.69. The highest BCUT2D eigenvalue weighted by Crippen LogP contribution is 2.32. The number of ketones is 2. The summed E-state index contributed by atoms with van der Waals surface area (Å²) < 4.78 is 7.89. The van der Waals surface area contributed by atoms with Crippen molar-refractivity contribution >= 4 is 46.3 Å². The van der Waals surface area contributed by atoms with Gasteiger partial charge in [0.05, 0.1) is 22.8 Å². The van der Waals surface area contributed by atoms with Gasteiger partial charge in [-0.15, -0.1) is 21.5 Å². The fraction of sp³-hybridized carbons (Fsp3) is 0.250. The standard InChI is InChI=1S/C28H24N4O4S2/c1-16(38-28-31-30-26(23-9-5-13-37-23)32(28)15-18-6-4-12-36-18)27(35)29-17-10-11-21-22(14-17)25(34)20-8-3-2-7-19(20)24(21)33/h2-3,5,7-11,13-14,16,18H,4,6,12,15H2,1H3,(H,29,35)/t16-,18+/m1/s1. The third-order valence-corrected chi connectivity index (χ3v) is 8.66. The van der Waals surface area contributed by atoms with Crippen LogP contribution >= 0.6 is 23.1 Å². The Bertz CT molecular complexity index is 1540.